The van der Waals surface area contributed by atoms with Crippen molar-refractivity contribution < 1.29 is 18.7 Å². The molecule has 1 aromatic heterocycles. The van der Waals surface area contributed by atoms with Gasteiger partial charge in [0.05, 0.1) is 12.4 Å². The van der Waals surface area contributed by atoms with Gasteiger partial charge in [-0.3, -0.25) is 0 Å². The molecule has 2 aromatic rings. The molecule has 2 heterocycles. The van der Waals surface area contributed by atoms with Crippen molar-refractivity contribution in [2.24, 2.45) is 0 Å². The fourth-order valence-electron chi connectivity index (χ4n) is 2.79. The van der Waals surface area contributed by atoms with Crippen molar-refractivity contribution in [3.63, 3.8) is 0 Å². The summed E-state index contributed by atoms with van der Waals surface area (Å²) < 4.78 is 24.0. The lowest BCUT2D eigenvalue weighted by Gasteiger charge is -2.26. The Hall–Kier alpha value is -2.90. The van der Waals surface area contributed by atoms with E-state index in [0.29, 0.717) is 37.1 Å². The summed E-state index contributed by atoms with van der Waals surface area (Å²) in [6, 6.07) is 5.75. The zero-order valence-electron chi connectivity index (χ0n) is 16.4. The number of carbonyl (C=O) groups excluding carboxylic acids is 1. The number of nitrogens with zero attached hydrogens (tertiary/aromatic N) is 4. The second-order valence-electron chi connectivity index (χ2n) is 7.58. The smallest absolute Gasteiger partial charge is 0.410 e. The van der Waals surface area contributed by atoms with Crippen LogP contribution in [0.5, 0.6) is 11.5 Å². The molecule has 1 aliphatic rings. The Bertz CT molecular complexity index is 791. The Balaban J connectivity index is 1.58. The van der Waals surface area contributed by atoms with Gasteiger partial charge in [-0.05, 0) is 51.5 Å². The second kappa shape index (κ2) is 8.41. The summed E-state index contributed by atoms with van der Waals surface area (Å²) in [4.78, 5) is 24.8. The molecule has 150 valence electrons. The van der Waals surface area contributed by atoms with Crippen LogP contribution in [0, 0.1) is 5.82 Å². The number of benzene rings is 1. The highest BCUT2D eigenvalue weighted by Gasteiger charge is 2.25. The first-order valence-corrected chi connectivity index (χ1v) is 9.28. The lowest BCUT2D eigenvalue weighted by Crippen LogP contribution is -2.39. The van der Waals surface area contributed by atoms with E-state index in [1.807, 2.05) is 25.7 Å². The van der Waals surface area contributed by atoms with Crippen LogP contribution in [-0.2, 0) is 4.74 Å². The van der Waals surface area contributed by atoms with Crippen LogP contribution >= 0.6 is 0 Å². The summed E-state index contributed by atoms with van der Waals surface area (Å²) in [7, 11) is 0. The van der Waals surface area contributed by atoms with Crippen LogP contribution in [0.2, 0.25) is 0 Å². The second-order valence-corrected chi connectivity index (χ2v) is 7.58. The van der Waals surface area contributed by atoms with Crippen LogP contribution in [0.1, 0.15) is 27.2 Å². The normalized spacial score (nSPS) is 15.1. The quantitative estimate of drug-likeness (QED) is 0.796. The summed E-state index contributed by atoms with van der Waals surface area (Å²) in [5.41, 5.74) is -0.507. The molecule has 1 aliphatic heterocycles. The molecule has 8 heteroatoms. The van der Waals surface area contributed by atoms with E-state index < -0.39 is 5.60 Å². The van der Waals surface area contributed by atoms with Gasteiger partial charge in [0.25, 0.3) is 0 Å². The standard InChI is InChI=1S/C20H25FN4O3/c1-20(2,3)28-19(26)25-10-4-9-24(11-12-25)18-22-13-17(14-23-18)27-16-7-5-15(21)6-8-16/h5-8,13-14H,4,9-12H2,1-3H3. The minimum atomic E-state index is -0.507. The predicted octanol–water partition coefficient (Wildman–Crippen LogP) is 3.86. The van der Waals surface area contributed by atoms with Gasteiger partial charge < -0.3 is 19.3 Å². The van der Waals surface area contributed by atoms with Crippen LogP contribution in [0.3, 0.4) is 0 Å². The van der Waals surface area contributed by atoms with E-state index in [4.69, 9.17) is 9.47 Å². The molecule has 7 nitrogen and oxygen atoms in total. The number of anilines is 1. The summed E-state index contributed by atoms with van der Waals surface area (Å²) in [6.07, 6.45) is 3.68. The molecule has 1 fully saturated rings. The number of rotatable bonds is 3. The maximum Gasteiger partial charge on any atom is 0.410 e. The van der Waals surface area contributed by atoms with Crippen LogP contribution in [-0.4, -0.2) is 52.7 Å². The van der Waals surface area contributed by atoms with E-state index in [2.05, 4.69) is 9.97 Å². The summed E-state index contributed by atoms with van der Waals surface area (Å²) in [6.45, 7) is 8.13. The van der Waals surface area contributed by atoms with Crippen molar-refractivity contribution in [3.05, 3.63) is 42.5 Å². The van der Waals surface area contributed by atoms with Crippen molar-refractivity contribution in [3.8, 4) is 11.5 Å². The molecule has 0 unspecified atom stereocenters. The molecule has 0 radical (unpaired) electrons. The number of amides is 1. The molecule has 1 aromatic carbocycles. The Morgan fingerprint density at radius 1 is 1.00 bits per heavy atom. The van der Waals surface area contributed by atoms with Gasteiger partial charge in [-0.25, -0.2) is 19.2 Å². The SMILES string of the molecule is CC(C)(C)OC(=O)N1CCCN(c2ncc(Oc3ccc(F)cc3)cn2)CC1. The molecular weight excluding hydrogens is 363 g/mol. The first-order chi connectivity index (χ1) is 13.3. The molecule has 1 amide bonds. The van der Waals surface area contributed by atoms with E-state index in [-0.39, 0.29) is 11.9 Å². The van der Waals surface area contributed by atoms with Crippen molar-refractivity contribution in [2.75, 3.05) is 31.1 Å². The Morgan fingerprint density at radius 2 is 1.68 bits per heavy atom. The van der Waals surface area contributed by atoms with Crippen molar-refractivity contribution in [1.82, 2.24) is 14.9 Å². The number of carbonyl (C=O) groups is 1. The van der Waals surface area contributed by atoms with Crippen molar-refractivity contribution >= 4 is 12.0 Å². The number of ether oxygens (including phenoxy) is 2. The molecule has 0 aliphatic carbocycles. The maximum atomic E-state index is 13.0. The molecule has 1 saturated heterocycles. The van der Waals surface area contributed by atoms with Crippen LogP contribution in [0.25, 0.3) is 0 Å². The molecule has 3 rings (SSSR count). The van der Waals surface area contributed by atoms with Gasteiger partial charge in [-0.2, -0.15) is 0 Å². The van der Waals surface area contributed by atoms with Gasteiger partial charge in [0.15, 0.2) is 5.75 Å². The first-order valence-electron chi connectivity index (χ1n) is 9.28. The van der Waals surface area contributed by atoms with Gasteiger partial charge in [0.2, 0.25) is 5.95 Å². The zero-order chi connectivity index (χ0) is 20.1. The van der Waals surface area contributed by atoms with Gasteiger partial charge in [-0.1, -0.05) is 0 Å². The lowest BCUT2D eigenvalue weighted by atomic mass is 10.2. The van der Waals surface area contributed by atoms with E-state index in [0.717, 1.165) is 13.0 Å². The van der Waals surface area contributed by atoms with Crippen molar-refractivity contribution in [2.45, 2.75) is 32.8 Å². The predicted molar refractivity (Wildman–Crippen MR) is 103 cm³/mol. The number of hydrogen-bond acceptors (Lipinski definition) is 6. The lowest BCUT2D eigenvalue weighted by molar-refractivity contribution is 0.0263. The summed E-state index contributed by atoms with van der Waals surface area (Å²) in [5, 5.41) is 0. The monoisotopic (exact) mass is 388 g/mol. The zero-order valence-corrected chi connectivity index (χ0v) is 16.4. The van der Waals surface area contributed by atoms with E-state index >= 15 is 0 Å². The molecule has 0 atom stereocenters. The highest BCUT2D eigenvalue weighted by atomic mass is 19.1. The number of halogens is 1. The average molecular weight is 388 g/mol. The van der Waals surface area contributed by atoms with Gasteiger partial charge in [0.1, 0.15) is 17.2 Å². The van der Waals surface area contributed by atoms with Gasteiger partial charge in [0, 0.05) is 26.2 Å². The Morgan fingerprint density at radius 3 is 2.32 bits per heavy atom. The fraction of sp³-hybridized carbons (Fsp3) is 0.450. The largest absolute Gasteiger partial charge is 0.454 e. The molecular formula is C20H25FN4O3. The molecule has 28 heavy (non-hydrogen) atoms. The third-order valence-corrected chi connectivity index (χ3v) is 4.09. The minimum Gasteiger partial charge on any atom is -0.454 e. The fourth-order valence-corrected chi connectivity index (χ4v) is 2.79. The van der Waals surface area contributed by atoms with Crippen LogP contribution in [0.15, 0.2) is 36.7 Å². The number of aromatic nitrogens is 2. The molecule has 0 saturated carbocycles. The maximum absolute atomic E-state index is 13.0. The molecule has 0 N–H and O–H groups in total. The van der Waals surface area contributed by atoms with Gasteiger partial charge in [-0.15, -0.1) is 0 Å². The van der Waals surface area contributed by atoms with E-state index in [1.165, 1.54) is 12.1 Å². The Labute approximate surface area is 164 Å². The topological polar surface area (TPSA) is 67.8 Å². The number of hydrogen-bond donors (Lipinski definition) is 0. The first kappa shape index (κ1) is 19.9. The third kappa shape index (κ3) is 5.55. The van der Waals surface area contributed by atoms with Gasteiger partial charge >= 0.3 is 6.09 Å². The highest BCUT2D eigenvalue weighted by Crippen LogP contribution is 2.21. The van der Waals surface area contributed by atoms with Crippen LogP contribution in [0.4, 0.5) is 15.1 Å². The average Bonchev–Trinajstić information content (AvgIpc) is 2.89. The third-order valence-electron chi connectivity index (χ3n) is 4.09. The Kier molecular flexibility index (Phi) is 5.96. The summed E-state index contributed by atoms with van der Waals surface area (Å²) >= 11 is 0. The molecule has 0 spiro atoms. The van der Waals surface area contributed by atoms with Crippen LogP contribution < -0.4 is 9.64 Å². The van der Waals surface area contributed by atoms with E-state index in [9.17, 15) is 9.18 Å². The highest BCUT2D eigenvalue weighted by molar-refractivity contribution is 5.68. The van der Waals surface area contributed by atoms with Crippen molar-refractivity contribution in [1.29, 1.82) is 0 Å². The van der Waals surface area contributed by atoms with E-state index in [1.54, 1.807) is 29.4 Å². The molecule has 0 bridgehead atoms. The minimum absolute atomic E-state index is 0.293. The summed E-state index contributed by atoms with van der Waals surface area (Å²) in [5.74, 6) is 1.25.